The van der Waals surface area contributed by atoms with Gasteiger partial charge < -0.3 is 10.8 Å². The second kappa shape index (κ2) is 4.14. The van der Waals surface area contributed by atoms with E-state index in [1.807, 2.05) is 0 Å². The fourth-order valence-corrected chi connectivity index (χ4v) is 1.07. The van der Waals surface area contributed by atoms with Crippen molar-refractivity contribution in [1.29, 1.82) is 0 Å². The van der Waals surface area contributed by atoms with Crippen LogP contribution in [0, 0.1) is 11.6 Å². The normalized spacial score (nSPS) is 10.1. The van der Waals surface area contributed by atoms with Crippen molar-refractivity contribution in [2.45, 2.75) is 0 Å². The van der Waals surface area contributed by atoms with Gasteiger partial charge >= 0.3 is 5.97 Å². The SMILES string of the molecule is NCC(=O)c1c(F)cc(C(=O)O)cc1F. The number of carbonyl (C=O) groups excluding carboxylic acids is 1. The monoisotopic (exact) mass is 215 g/mol. The zero-order valence-corrected chi connectivity index (χ0v) is 7.46. The molecule has 1 aromatic rings. The maximum atomic E-state index is 13.1. The van der Waals surface area contributed by atoms with Crippen LogP contribution in [0.2, 0.25) is 0 Å². The first-order valence-corrected chi connectivity index (χ1v) is 3.93. The Morgan fingerprint density at radius 1 is 1.27 bits per heavy atom. The lowest BCUT2D eigenvalue weighted by Crippen LogP contribution is -2.17. The molecule has 0 aliphatic rings. The number of carboxylic acid groups (broad SMARTS) is 1. The summed E-state index contributed by atoms with van der Waals surface area (Å²) in [5, 5.41) is 8.48. The molecule has 0 spiro atoms. The highest BCUT2D eigenvalue weighted by Crippen LogP contribution is 2.15. The minimum atomic E-state index is -1.47. The lowest BCUT2D eigenvalue weighted by Gasteiger charge is -2.03. The van der Waals surface area contributed by atoms with Gasteiger partial charge in [0.05, 0.1) is 17.7 Å². The molecule has 0 aliphatic carbocycles. The molecule has 0 radical (unpaired) electrons. The number of halogens is 2. The second-order valence-electron chi connectivity index (χ2n) is 2.75. The van der Waals surface area contributed by atoms with Crippen molar-refractivity contribution < 1.29 is 23.5 Å². The van der Waals surface area contributed by atoms with Crippen LogP contribution < -0.4 is 5.73 Å². The summed E-state index contributed by atoms with van der Waals surface area (Å²) < 4.78 is 26.3. The van der Waals surface area contributed by atoms with E-state index in [2.05, 4.69) is 0 Å². The lowest BCUT2D eigenvalue weighted by atomic mass is 10.1. The van der Waals surface area contributed by atoms with E-state index in [0.717, 1.165) is 0 Å². The van der Waals surface area contributed by atoms with Crippen molar-refractivity contribution in [3.05, 3.63) is 34.9 Å². The zero-order valence-electron chi connectivity index (χ0n) is 7.46. The molecule has 3 N–H and O–H groups in total. The molecular weight excluding hydrogens is 208 g/mol. The van der Waals surface area contributed by atoms with Crippen LogP contribution in [-0.2, 0) is 0 Å². The predicted molar refractivity (Wildman–Crippen MR) is 46.7 cm³/mol. The summed E-state index contributed by atoms with van der Waals surface area (Å²) in [4.78, 5) is 21.4. The predicted octanol–water partition coefficient (Wildman–Crippen LogP) is 0.804. The van der Waals surface area contributed by atoms with Crippen molar-refractivity contribution in [2.75, 3.05) is 6.54 Å². The highest BCUT2D eigenvalue weighted by atomic mass is 19.1. The van der Waals surface area contributed by atoms with Gasteiger partial charge in [-0.2, -0.15) is 0 Å². The molecule has 0 unspecified atom stereocenters. The number of carboxylic acids is 1. The maximum absolute atomic E-state index is 13.1. The van der Waals surface area contributed by atoms with Crippen LogP contribution in [0.15, 0.2) is 12.1 Å². The van der Waals surface area contributed by atoms with Gasteiger partial charge in [0.2, 0.25) is 0 Å². The third kappa shape index (κ3) is 2.16. The number of nitrogens with two attached hydrogens (primary N) is 1. The molecule has 0 saturated heterocycles. The van der Waals surface area contributed by atoms with Crippen LogP contribution in [-0.4, -0.2) is 23.4 Å². The number of rotatable bonds is 3. The first kappa shape index (κ1) is 11.3. The number of aromatic carboxylic acids is 1. The van der Waals surface area contributed by atoms with Crippen molar-refractivity contribution in [3.63, 3.8) is 0 Å². The number of carbonyl (C=O) groups is 2. The molecule has 1 rings (SSSR count). The molecule has 0 fully saturated rings. The zero-order chi connectivity index (χ0) is 11.6. The van der Waals surface area contributed by atoms with Gasteiger partial charge in [0.15, 0.2) is 5.78 Å². The molecule has 0 amide bonds. The van der Waals surface area contributed by atoms with Crippen LogP contribution in [0.4, 0.5) is 8.78 Å². The average molecular weight is 215 g/mol. The molecule has 1 aromatic carbocycles. The van der Waals surface area contributed by atoms with Gasteiger partial charge in [0.1, 0.15) is 11.6 Å². The topological polar surface area (TPSA) is 80.4 Å². The maximum Gasteiger partial charge on any atom is 0.335 e. The van der Waals surface area contributed by atoms with Gasteiger partial charge in [-0.15, -0.1) is 0 Å². The van der Waals surface area contributed by atoms with Crippen molar-refractivity contribution in [3.8, 4) is 0 Å². The number of hydrogen-bond acceptors (Lipinski definition) is 3. The summed E-state index contributed by atoms with van der Waals surface area (Å²) in [6, 6.07) is 1.16. The van der Waals surface area contributed by atoms with Gasteiger partial charge in [0, 0.05) is 0 Å². The van der Waals surface area contributed by atoms with Gasteiger partial charge in [-0.1, -0.05) is 0 Å². The summed E-state index contributed by atoms with van der Waals surface area (Å²) in [6.07, 6.45) is 0. The van der Waals surface area contributed by atoms with E-state index in [-0.39, 0.29) is 0 Å². The largest absolute Gasteiger partial charge is 0.478 e. The number of hydrogen-bond donors (Lipinski definition) is 2. The van der Waals surface area contributed by atoms with Crippen LogP contribution in [0.1, 0.15) is 20.7 Å². The molecule has 80 valence electrons. The molecule has 0 bridgehead atoms. The Labute approximate surface area is 83.3 Å². The summed E-state index contributed by atoms with van der Waals surface area (Å²) >= 11 is 0. The lowest BCUT2D eigenvalue weighted by molar-refractivity contribution is 0.0695. The van der Waals surface area contributed by atoms with E-state index < -0.39 is 41.1 Å². The first-order chi connectivity index (χ1) is 6.97. The van der Waals surface area contributed by atoms with Crippen LogP contribution in [0.5, 0.6) is 0 Å². The summed E-state index contributed by atoms with van der Waals surface area (Å²) in [5.74, 6) is -4.83. The third-order valence-electron chi connectivity index (χ3n) is 1.75. The Kier molecular flexibility index (Phi) is 3.11. The Bertz CT molecular complexity index is 408. The number of benzene rings is 1. The third-order valence-corrected chi connectivity index (χ3v) is 1.75. The summed E-state index contributed by atoms with van der Waals surface area (Å²) in [5.41, 5.74) is 3.58. The van der Waals surface area contributed by atoms with E-state index in [1.54, 1.807) is 0 Å². The van der Waals surface area contributed by atoms with Crippen molar-refractivity contribution in [2.24, 2.45) is 5.73 Å². The molecule has 0 saturated carbocycles. The Morgan fingerprint density at radius 3 is 2.07 bits per heavy atom. The Balaban J connectivity index is 3.33. The van der Waals surface area contributed by atoms with E-state index in [4.69, 9.17) is 10.8 Å². The van der Waals surface area contributed by atoms with Crippen LogP contribution >= 0.6 is 0 Å². The standard InChI is InChI=1S/C9H7F2NO3/c10-5-1-4(9(14)15)2-6(11)8(5)7(13)3-12/h1-2H,3,12H2,(H,14,15). The molecule has 6 heteroatoms. The van der Waals surface area contributed by atoms with E-state index in [1.165, 1.54) is 0 Å². The summed E-state index contributed by atoms with van der Waals surface area (Å²) in [7, 11) is 0. The minimum absolute atomic E-state index is 0.541. The van der Waals surface area contributed by atoms with Crippen molar-refractivity contribution >= 4 is 11.8 Å². The Hall–Kier alpha value is -1.82. The molecule has 4 nitrogen and oxygen atoms in total. The number of ketones is 1. The van der Waals surface area contributed by atoms with Gasteiger partial charge in [-0.25, -0.2) is 13.6 Å². The second-order valence-corrected chi connectivity index (χ2v) is 2.75. The van der Waals surface area contributed by atoms with E-state index in [0.29, 0.717) is 12.1 Å². The highest BCUT2D eigenvalue weighted by Gasteiger charge is 2.19. The fraction of sp³-hybridized carbons (Fsp3) is 0.111. The molecule has 0 aliphatic heterocycles. The minimum Gasteiger partial charge on any atom is -0.478 e. The molecule has 0 atom stereocenters. The Morgan fingerprint density at radius 2 is 1.73 bits per heavy atom. The van der Waals surface area contributed by atoms with Gasteiger partial charge in [-0.3, -0.25) is 4.79 Å². The van der Waals surface area contributed by atoms with Gasteiger partial charge in [0.25, 0.3) is 0 Å². The molecule has 15 heavy (non-hydrogen) atoms. The van der Waals surface area contributed by atoms with Gasteiger partial charge in [-0.05, 0) is 12.1 Å². The van der Waals surface area contributed by atoms with E-state index in [9.17, 15) is 18.4 Å². The fourth-order valence-electron chi connectivity index (χ4n) is 1.07. The van der Waals surface area contributed by atoms with Crippen molar-refractivity contribution in [1.82, 2.24) is 0 Å². The average Bonchev–Trinajstić information content (AvgIpc) is 2.16. The summed E-state index contributed by atoms with van der Waals surface area (Å²) in [6.45, 7) is -0.541. The number of Topliss-reactive ketones (excluding diaryl/α,β-unsaturated/α-hetero) is 1. The van der Waals surface area contributed by atoms with Crippen LogP contribution in [0.3, 0.4) is 0 Å². The molecule has 0 aromatic heterocycles. The smallest absolute Gasteiger partial charge is 0.335 e. The quantitative estimate of drug-likeness (QED) is 0.731. The molecule has 0 heterocycles. The highest BCUT2D eigenvalue weighted by molar-refractivity contribution is 5.99. The first-order valence-electron chi connectivity index (χ1n) is 3.93. The van der Waals surface area contributed by atoms with E-state index >= 15 is 0 Å². The molecular formula is C9H7F2NO3. The van der Waals surface area contributed by atoms with Crippen LogP contribution in [0.25, 0.3) is 0 Å².